The van der Waals surface area contributed by atoms with Gasteiger partial charge in [0.15, 0.2) is 8.32 Å². The van der Waals surface area contributed by atoms with Crippen LogP contribution < -0.4 is 5.32 Å². The summed E-state index contributed by atoms with van der Waals surface area (Å²) in [6, 6.07) is -1.13. The Kier molecular flexibility index (Phi) is 5.25. The Morgan fingerprint density at radius 1 is 1.40 bits per heavy atom. The van der Waals surface area contributed by atoms with Crippen molar-refractivity contribution in [1.82, 2.24) is 5.32 Å². The van der Waals surface area contributed by atoms with E-state index >= 15 is 0 Å². The predicted molar refractivity (Wildman–Crippen MR) is 71.2 cm³/mol. The van der Waals surface area contributed by atoms with Crippen molar-refractivity contribution in [2.75, 3.05) is 6.61 Å². The van der Waals surface area contributed by atoms with Gasteiger partial charge in [-0.1, -0.05) is 0 Å². The molecule has 0 spiro atoms. The number of aliphatic carboxylic acids is 1. The average molecular weight is 309 g/mol. The molecule has 0 radical (unpaired) electrons. The quantitative estimate of drug-likeness (QED) is 0.704. The zero-order valence-electron chi connectivity index (χ0n) is 11.9. The first-order valence-corrected chi connectivity index (χ1v) is 9.93. The maximum atomic E-state index is 12.6. The summed E-state index contributed by atoms with van der Waals surface area (Å²) in [5, 5.41) is 11.3. The van der Waals surface area contributed by atoms with E-state index in [2.05, 4.69) is 5.32 Å². The van der Waals surface area contributed by atoms with Gasteiger partial charge in [-0.2, -0.15) is 0 Å². The molecule has 0 aromatic heterocycles. The molecule has 116 valence electrons. The summed E-state index contributed by atoms with van der Waals surface area (Å²) in [6.07, 6.45) is -0.667. The highest BCUT2D eigenvalue weighted by Gasteiger charge is 2.45. The molecule has 1 aliphatic rings. The van der Waals surface area contributed by atoms with Crippen LogP contribution in [0.5, 0.6) is 0 Å². The van der Waals surface area contributed by atoms with Crippen LogP contribution in [0.4, 0.5) is 8.78 Å². The first-order chi connectivity index (χ1) is 8.98. The molecule has 1 atom stereocenters. The second kappa shape index (κ2) is 6.17. The van der Waals surface area contributed by atoms with Crippen molar-refractivity contribution < 1.29 is 27.9 Å². The topological polar surface area (TPSA) is 75.6 Å². The van der Waals surface area contributed by atoms with Gasteiger partial charge in [0.2, 0.25) is 11.8 Å². The molecule has 1 saturated carbocycles. The van der Waals surface area contributed by atoms with Gasteiger partial charge in [0, 0.05) is 19.3 Å². The minimum Gasteiger partial charge on any atom is -0.480 e. The molecule has 0 aliphatic heterocycles. The molecule has 1 fully saturated rings. The number of nitrogens with one attached hydrogen (secondary N) is 1. The number of hydrogen-bond acceptors (Lipinski definition) is 3. The molecule has 0 bridgehead atoms. The first-order valence-electron chi connectivity index (χ1n) is 6.52. The molecule has 0 aromatic rings. The Labute approximate surface area is 117 Å². The van der Waals surface area contributed by atoms with Crippen molar-refractivity contribution in [2.24, 2.45) is 5.92 Å². The first kappa shape index (κ1) is 17.0. The van der Waals surface area contributed by atoms with Gasteiger partial charge in [0.25, 0.3) is 0 Å². The molecular weight excluding hydrogens is 288 g/mol. The summed E-state index contributed by atoms with van der Waals surface area (Å²) in [4.78, 5) is 22.7. The molecule has 0 unspecified atom stereocenters. The van der Waals surface area contributed by atoms with Crippen LogP contribution in [0, 0.1) is 5.92 Å². The number of rotatable bonds is 7. The monoisotopic (exact) mass is 309 g/mol. The SMILES string of the molecule is C[Si](C)(C)OC[C@@H](NC(=O)CC1CC(F)(F)C1)C(=O)O. The Bertz CT molecular complexity index is 376. The third-order valence-corrected chi connectivity index (χ3v) is 4.00. The van der Waals surface area contributed by atoms with Crippen molar-refractivity contribution in [3.8, 4) is 0 Å². The van der Waals surface area contributed by atoms with Gasteiger partial charge in [-0.3, -0.25) is 4.79 Å². The number of carbonyl (C=O) groups is 2. The maximum absolute atomic E-state index is 12.6. The van der Waals surface area contributed by atoms with Crippen molar-refractivity contribution in [1.29, 1.82) is 0 Å². The van der Waals surface area contributed by atoms with Gasteiger partial charge in [-0.15, -0.1) is 0 Å². The molecule has 2 N–H and O–H groups in total. The highest BCUT2D eigenvalue weighted by Crippen LogP contribution is 2.43. The summed E-state index contributed by atoms with van der Waals surface area (Å²) in [5.74, 6) is -4.73. The van der Waals surface area contributed by atoms with Crippen LogP contribution in [0.15, 0.2) is 0 Å². The summed E-state index contributed by atoms with van der Waals surface area (Å²) >= 11 is 0. The molecule has 1 amide bonds. The number of carbonyl (C=O) groups excluding carboxylic acids is 1. The number of hydrogen-bond donors (Lipinski definition) is 2. The zero-order chi connectivity index (χ0) is 15.6. The lowest BCUT2D eigenvalue weighted by atomic mass is 9.79. The van der Waals surface area contributed by atoms with E-state index in [4.69, 9.17) is 9.53 Å². The van der Waals surface area contributed by atoms with Crippen LogP contribution in [0.1, 0.15) is 19.3 Å². The lowest BCUT2D eigenvalue weighted by Crippen LogP contribution is -2.47. The minimum atomic E-state index is -2.67. The van der Waals surface area contributed by atoms with Gasteiger partial charge in [0.1, 0.15) is 6.04 Å². The number of alkyl halides is 2. The minimum absolute atomic E-state index is 0.0632. The lowest BCUT2D eigenvalue weighted by molar-refractivity contribution is -0.145. The molecule has 8 heteroatoms. The van der Waals surface area contributed by atoms with Crippen LogP contribution in [0.25, 0.3) is 0 Å². The second-order valence-electron chi connectivity index (χ2n) is 6.22. The Balaban J connectivity index is 2.38. The fourth-order valence-corrected chi connectivity index (χ4v) is 2.62. The Hall–Kier alpha value is -1.02. The average Bonchev–Trinajstić information content (AvgIpc) is 2.19. The third-order valence-electron chi connectivity index (χ3n) is 2.97. The summed E-state index contributed by atoms with van der Waals surface area (Å²) in [6.45, 7) is 5.62. The standard InChI is InChI=1S/C12H21F2NO4Si/c1-20(2,3)19-7-9(11(17)18)15-10(16)4-8-5-12(13,14)6-8/h8-9H,4-7H2,1-3H3,(H,15,16)(H,17,18)/t9-/m1/s1. The number of halogens is 2. The van der Waals surface area contributed by atoms with E-state index in [0.29, 0.717) is 0 Å². The second-order valence-corrected chi connectivity index (χ2v) is 10.7. The van der Waals surface area contributed by atoms with Crippen LogP contribution in [-0.2, 0) is 14.0 Å². The van der Waals surface area contributed by atoms with E-state index in [1.165, 1.54) is 0 Å². The molecule has 1 aliphatic carbocycles. The summed E-state index contributed by atoms with van der Waals surface area (Å²) < 4.78 is 30.7. The highest BCUT2D eigenvalue weighted by atomic mass is 28.4. The molecule has 0 saturated heterocycles. The molecule has 5 nitrogen and oxygen atoms in total. The van der Waals surface area contributed by atoms with E-state index in [-0.39, 0.29) is 31.8 Å². The fourth-order valence-electron chi connectivity index (χ4n) is 1.95. The van der Waals surface area contributed by atoms with Gasteiger partial charge in [0.05, 0.1) is 6.61 Å². The van der Waals surface area contributed by atoms with E-state index in [1.807, 2.05) is 19.6 Å². The summed E-state index contributed by atoms with van der Waals surface area (Å²) in [5.41, 5.74) is 0. The smallest absolute Gasteiger partial charge is 0.328 e. The van der Waals surface area contributed by atoms with Crippen molar-refractivity contribution in [3.63, 3.8) is 0 Å². The molecular formula is C12H21F2NO4Si. The molecule has 1 rings (SSSR count). The third kappa shape index (κ3) is 5.95. The van der Waals surface area contributed by atoms with Crippen molar-refractivity contribution in [2.45, 2.75) is 50.9 Å². The zero-order valence-corrected chi connectivity index (χ0v) is 12.9. The van der Waals surface area contributed by atoms with Crippen molar-refractivity contribution >= 4 is 20.2 Å². The van der Waals surface area contributed by atoms with Crippen LogP contribution in [0.2, 0.25) is 19.6 Å². The van der Waals surface area contributed by atoms with Crippen LogP contribution in [0.3, 0.4) is 0 Å². The van der Waals surface area contributed by atoms with Gasteiger partial charge in [-0.05, 0) is 25.6 Å². The van der Waals surface area contributed by atoms with Gasteiger partial charge >= 0.3 is 5.97 Å². The predicted octanol–water partition coefficient (Wildman–Crippen LogP) is 1.84. The van der Waals surface area contributed by atoms with E-state index in [1.54, 1.807) is 0 Å². The maximum Gasteiger partial charge on any atom is 0.328 e. The molecule has 20 heavy (non-hydrogen) atoms. The van der Waals surface area contributed by atoms with Gasteiger partial charge in [-0.25, -0.2) is 13.6 Å². The van der Waals surface area contributed by atoms with E-state index < -0.39 is 32.2 Å². The Morgan fingerprint density at radius 3 is 2.35 bits per heavy atom. The molecule has 0 aromatic carbocycles. The van der Waals surface area contributed by atoms with E-state index in [0.717, 1.165) is 0 Å². The molecule has 0 heterocycles. The normalized spacial score (nSPS) is 20.1. The Morgan fingerprint density at radius 2 is 1.95 bits per heavy atom. The van der Waals surface area contributed by atoms with Crippen molar-refractivity contribution in [3.05, 3.63) is 0 Å². The summed E-state index contributed by atoms with van der Waals surface area (Å²) in [7, 11) is -1.88. The lowest BCUT2D eigenvalue weighted by Gasteiger charge is -2.34. The van der Waals surface area contributed by atoms with E-state index in [9.17, 15) is 18.4 Å². The fraction of sp³-hybridized carbons (Fsp3) is 0.833. The largest absolute Gasteiger partial charge is 0.480 e. The number of amides is 1. The highest BCUT2D eigenvalue weighted by molar-refractivity contribution is 6.69. The number of carboxylic acid groups (broad SMARTS) is 1. The van der Waals surface area contributed by atoms with Gasteiger partial charge < -0.3 is 14.8 Å². The van der Waals surface area contributed by atoms with Crippen LogP contribution in [-0.4, -0.2) is 43.9 Å². The van der Waals surface area contributed by atoms with Crippen LogP contribution >= 0.6 is 0 Å². The number of carboxylic acids is 1.